The van der Waals surface area contributed by atoms with Crippen molar-refractivity contribution < 1.29 is 53.7 Å². The van der Waals surface area contributed by atoms with Crippen LogP contribution < -0.4 is 10.6 Å². The first kappa shape index (κ1) is 41.1. The number of ether oxygens (including phenoxy) is 5. The van der Waals surface area contributed by atoms with Gasteiger partial charge in [0.1, 0.15) is 24.4 Å². The molecule has 0 spiro atoms. The molecule has 286 valence electrons. The van der Waals surface area contributed by atoms with Crippen molar-refractivity contribution in [3.63, 3.8) is 0 Å². The SMILES string of the molecule is COCc1ccc(CCNC(=O)[C@H]2C[C@H](OCCN=[N+]=[N-])[C@@H](O[C@H]3O[C@H](CO)[C@@H](O)[C@H](O)[C@@H]3O)C[C@@H]2C(=O)NCCc2ccc(COC)cc2)cc1. The first-order valence-corrected chi connectivity index (χ1v) is 17.5. The Labute approximate surface area is 303 Å². The smallest absolute Gasteiger partial charge is 0.224 e. The lowest BCUT2D eigenvalue weighted by atomic mass is 9.75. The van der Waals surface area contributed by atoms with Gasteiger partial charge in [0, 0.05) is 38.8 Å². The molecule has 16 heteroatoms. The van der Waals surface area contributed by atoms with Gasteiger partial charge in [0.05, 0.1) is 50.5 Å². The first-order valence-electron chi connectivity index (χ1n) is 17.5. The molecule has 1 heterocycles. The minimum absolute atomic E-state index is 0.00381. The fourth-order valence-electron chi connectivity index (χ4n) is 6.53. The van der Waals surface area contributed by atoms with Crippen molar-refractivity contribution in [1.29, 1.82) is 0 Å². The molecule has 0 bridgehead atoms. The summed E-state index contributed by atoms with van der Waals surface area (Å²) in [6.07, 6.45) is -8.31. The number of benzene rings is 2. The van der Waals surface area contributed by atoms with Gasteiger partial charge in [-0.05, 0) is 53.5 Å². The maximum absolute atomic E-state index is 13.9. The number of nitrogens with one attached hydrogen (secondary N) is 2. The van der Waals surface area contributed by atoms with E-state index < -0.39 is 61.4 Å². The Hall–Kier alpha value is -3.67. The third kappa shape index (κ3) is 11.7. The zero-order valence-electron chi connectivity index (χ0n) is 29.6. The van der Waals surface area contributed by atoms with E-state index in [1.54, 1.807) is 14.2 Å². The van der Waals surface area contributed by atoms with Crippen molar-refractivity contribution in [3.8, 4) is 0 Å². The number of rotatable bonds is 19. The van der Waals surface area contributed by atoms with Crippen molar-refractivity contribution in [1.82, 2.24) is 10.6 Å². The Morgan fingerprint density at radius 1 is 0.808 bits per heavy atom. The van der Waals surface area contributed by atoms with Gasteiger partial charge in [-0.3, -0.25) is 9.59 Å². The van der Waals surface area contributed by atoms with E-state index in [4.69, 9.17) is 29.2 Å². The van der Waals surface area contributed by atoms with E-state index in [9.17, 15) is 30.0 Å². The molecule has 0 unspecified atom stereocenters. The Morgan fingerprint density at radius 3 is 1.79 bits per heavy atom. The third-order valence-electron chi connectivity index (χ3n) is 9.38. The minimum Gasteiger partial charge on any atom is -0.394 e. The molecule has 6 N–H and O–H groups in total. The summed E-state index contributed by atoms with van der Waals surface area (Å²) in [5.41, 5.74) is 12.8. The summed E-state index contributed by atoms with van der Waals surface area (Å²) in [7, 11) is 3.26. The van der Waals surface area contributed by atoms with Gasteiger partial charge < -0.3 is 54.7 Å². The number of hydrogen-bond acceptors (Lipinski definition) is 12. The standard InChI is InChI=1S/C36H51N5O11/c1-48-20-24-7-3-22(4-8-24)11-13-38-34(46)26-17-28(50-16-15-40-41-37)29(51-36-33(45)32(44)31(43)30(19-42)52-36)18-27(26)35(47)39-14-12-23-5-9-25(10-6-23)21-49-2/h3-10,26-33,36,42-45H,11-21H2,1-2H3,(H,38,46)(H,39,47)/t26-,27-,28-,29-,30+,31+,32-,33-,36-/m0/s1. The minimum atomic E-state index is -1.69. The molecule has 2 fully saturated rings. The summed E-state index contributed by atoms with van der Waals surface area (Å²) < 4.78 is 28.1. The van der Waals surface area contributed by atoms with Gasteiger partial charge >= 0.3 is 0 Å². The molecule has 0 aromatic heterocycles. The molecule has 1 saturated carbocycles. The fraction of sp³-hybridized carbons (Fsp3) is 0.611. The van der Waals surface area contributed by atoms with Crippen LogP contribution in [0.3, 0.4) is 0 Å². The first-order chi connectivity index (χ1) is 25.2. The molecular weight excluding hydrogens is 678 g/mol. The predicted molar refractivity (Wildman–Crippen MR) is 186 cm³/mol. The van der Waals surface area contributed by atoms with E-state index >= 15 is 0 Å². The number of aliphatic hydroxyl groups is 4. The largest absolute Gasteiger partial charge is 0.394 e. The highest BCUT2D eigenvalue weighted by Gasteiger charge is 2.49. The monoisotopic (exact) mass is 729 g/mol. The Balaban J connectivity index is 1.50. The van der Waals surface area contributed by atoms with Crippen LogP contribution in [0.4, 0.5) is 0 Å². The van der Waals surface area contributed by atoms with E-state index in [0.717, 1.165) is 22.3 Å². The van der Waals surface area contributed by atoms with Crippen LogP contribution in [0, 0.1) is 11.8 Å². The van der Waals surface area contributed by atoms with Crippen molar-refractivity contribution >= 4 is 11.8 Å². The molecule has 0 radical (unpaired) electrons. The van der Waals surface area contributed by atoms with Crippen molar-refractivity contribution in [3.05, 3.63) is 81.2 Å². The summed E-state index contributed by atoms with van der Waals surface area (Å²) in [4.78, 5) is 30.4. The maximum Gasteiger partial charge on any atom is 0.224 e. The van der Waals surface area contributed by atoms with Gasteiger partial charge in [0.25, 0.3) is 0 Å². The van der Waals surface area contributed by atoms with E-state index in [1.165, 1.54) is 0 Å². The van der Waals surface area contributed by atoms with Crippen molar-refractivity contribution in [2.24, 2.45) is 17.0 Å². The second kappa shape index (κ2) is 21.1. The number of nitrogens with zero attached hydrogens (tertiary/aromatic N) is 3. The number of azide groups is 1. The van der Waals surface area contributed by atoms with Crippen LogP contribution in [0.1, 0.15) is 35.1 Å². The quantitative estimate of drug-likeness (QED) is 0.0515. The van der Waals surface area contributed by atoms with Gasteiger partial charge in [0.2, 0.25) is 11.8 Å². The van der Waals surface area contributed by atoms with Crippen LogP contribution >= 0.6 is 0 Å². The van der Waals surface area contributed by atoms with E-state index in [2.05, 4.69) is 20.7 Å². The number of methoxy groups -OCH3 is 2. The van der Waals surface area contributed by atoms with Crippen molar-refractivity contribution in [2.45, 2.75) is 81.8 Å². The normalized spacial score (nSPS) is 27.4. The van der Waals surface area contributed by atoms with E-state index in [1.807, 2.05) is 48.5 Å². The Kier molecular flexibility index (Phi) is 16.7. The number of carbonyl (C=O) groups is 2. The lowest BCUT2D eigenvalue weighted by Gasteiger charge is -2.44. The van der Waals surface area contributed by atoms with Crippen LogP contribution in [0.5, 0.6) is 0 Å². The van der Waals surface area contributed by atoms with Gasteiger partial charge in [-0.1, -0.05) is 53.6 Å². The summed E-state index contributed by atoms with van der Waals surface area (Å²) in [6.45, 7) is 0.936. The molecule has 52 heavy (non-hydrogen) atoms. The number of amides is 2. The molecule has 4 rings (SSSR count). The average molecular weight is 730 g/mol. The summed E-state index contributed by atoms with van der Waals surface area (Å²) in [5.74, 6) is -2.44. The van der Waals surface area contributed by atoms with Gasteiger partial charge in [-0.2, -0.15) is 0 Å². The number of aliphatic hydroxyl groups excluding tert-OH is 4. The van der Waals surface area contributed by atoms with Crippen LogP contribution in [0.25, 0.3) is 10.4 Å². The summed E-state index contributed by atoms with van der Waals surface area (Å²) in [5, 5.41) is 50.5. The summed E-state index contributed by atoms with van der Waals surface area (Å²) >= 11 is 0. The molecule has 9 atom stereocenters. The van der Waals surface area contributed by atoms with Gasteiger partial charge in [-0.15, -0.1) is 0 Å². The highest BCUT2D eigenvalue weighted by atomic mass is 16.7. The molecule has 2 aromatic carbocycles. The molecule has 1 saturated heterocycles. The summed E-state index contributed by atoms with van der Waals surface area (Å²) in [6, 6.07) is 15.7. The molecule has 1 aliphatic heterocycles. The van der Waals surface area contributed by atoms with Crippen molar-refractivity contribution in [2.75, 3.05) is 47.1 Å². The molecule has 16 nitrogen and oxygen atoms in total. The second-order valence-electron chi connectivity index (χ2n) is 13.0. The van der Waals surface area contributed by atoms with Crippen LogP contribution in [-0.4, -0.2) is 122 Å². The Bertz CT molecular complexity index is 1440. The highest BCUT2D eigenvalue weighted by Crippen LogP contribution is 2.36. The van der Waals surface area contributed by atoms with E-state index in [-0.39, 0.29) is 37.8 Å². The Morgan fingerprint density at radius 2 is 1.31 bits per heavy atom. The number of hydrogen-bond donors (Lipinski definition) is 6. The lowest BCUT2D eigenvalue weighted by molar-refractivity contribution is -0.321. The molecule has 2 amide bonds. The van der Waals surface area contributed by atoms with Crippen LogP contribution in [0.2, 0.25) is 0 Å². The van der Waals surface area contributed by atoms with E-state index in [0.29, 0.717) is 39.1 Å². The maximum atomic E-state index is 13.9. The average Bonchev–Trinajstić information content (AvgIpc) is 3.15. The third-order valence-corrected chi connectivity index (χ3v) is 9.38. The highest BCUT2D eigenvalue weighted by molar-refractivity contribution is 5.88. The van der Waals surface area contributed by atoms with Gasteiger partial charge in [-0.25, -0.2) is 0 Å². The zero-order valence-corrected chi connectivity index (χ0v) is 29.6. The topological polar surface area (TPSA) is 234 Å². The molecule has 1 aliphatic carbocycles. The van der Waals surface area contributed by atoms with Crippen LogP contribution in [0.15, 0.2) is 53.6 Å². The molecular formula is C36H51N5O11. The molecule has 2 aliphatic rings. The van der Waals surface area contributed by atoms with Crippen LogP contribution in [-0.2, 0) is 59.3 Å². The lowest BCUT2D eigenvalue weighted by Crippen LogP contribution is -2.61. The second-order valence-corrected chi connectivity index (χ2v) is 13.0. The number of carbonyl (C=O) groups excluding carboxylic acids is 2. The zero-order chi connectivity index (χ0) is 37.5. The fourth-order valence-corrected chi connectivity index (χ4v) is 6.53. The molecule has 2 aromatic rings. The predicted octanol–water partition coefficient (Wildman–Crippen LogP) is 0.904. The van der Waals surface area contributed by atoms with Gasteiger partial charge in [0.15, 0.2) is 6.29 Å².